The van der Waals surface area contributed by atoms with Crippen LogP contribution in [-0.4, -0.2) is 22.6 Å². The molecule has 2 N–H and O–H groups in total. The molecule has 0 aliphatic heterocycles. The molecule has 0 unspecified atom stereocenters. The Balaban J connectivity index is 0.00000261. The zero-order chi connectivity index (χ0) is 18.5. The van der Waals surface area contributed by atoms with Crippen LogP contribution in [0, 0.1) is 12.8 Å². The average Bonchev–Trinajstić information content (AvgIpc) is 3.19. The van der Waals surface area contributed by atoms with Gasteiger partial charge in [-0.15, -0.1) is 24.0 Å². The summed E-state index contributed by atoms with van der Waals surface area (Å²) in [6.07, 6.45) is 3.86. The molecule has 6 nitrogen and oxygen atoms in total. The Kier molecular flexibility index (Phi) is 7.70. The van der Waals surface area contributed by atoms with Crippen molar-refractivity contribution in [2.24, 2.45) is 10.9 Å². The van der Waals surface area contributed by atoms with Crippen molar-refractivity contribution in [1.29, 1.82) is 0 Å². The number of aromatic nitrogens is 2. The highest BCUT2D eigenvalue weighted by Crippen LogP contribution is 2.24. The third-order valence-corrected chi connectivity index (χ3v) is 4.36. The van der Waals surface area contributed by atoms with E-state index in [9.17, 15) is 0 Å². The number of fused-ring (bicyclic) bond motifs is 1. The summed E-state index contributed by atoms with van der Waals surface area (Å²) in [4.78, 5) is 8.73. The Morgan fingerprint density at radius 3 is 2.67 bits per heavy atom. The first-order valence-corrected chi connectivity index (χ1v) is 9.00. The van der Waals surface area contributed by atoms with Gasteiger partial charge in [0, 0.05) is 36.9 Å². The van der Waals surface area contributed by atoms with E-state index in [4.69, 9.17) is 4.42 Å². The number of furan rings is 1. The number of hydrogen-bond donors (Lipinski definition) is 2. The molecule has 0 aliphatic rings. The molecule has 3 rings (SSSR count). The predicted octanol–water partition coefficient (Wildman–Crippen LogP) is 4.08. The summed E-state index contributed by atoms with van der Waals surface area (Å²) in [5.41, 5.74) is 2.08. The molecule has 2 aromatic heterocycles. The summed E-state index contributed by atoms with van der Waals surface area (Å²) < 4.78 is 8.12. The lowest BCUT2D eigenvalue weighted by atomic mass is 10.1. The first kappa shape index (κ1) is 21.3. The van der Waals surface area contributed by atoms with Gasteiger partial charge in [-0.3, -0.25) is 4.99 Å². The number of guanidine groups is 1. The lowest BCUT2D eigenvalue weighted by Gasteiger charge is -2.13. The van der Waals surface area contributed by atoms with Crippen LogP contribution in [0.5, 0.6) is 0 Å². The minimum atomic E-state index is 0. The molecule has 3 aromatic rings. The number of nitrogens with zero attached hydrogens (tertiary/aromatic N) is 3. The summed E-state index contributed by atoms with van der Waals surface area (Å²) >= 11 is 0. The Morgan fingerprint density at radius 1 is 1.22 bits per heavy atom. The zero-order valence-corrected chi connectivity index (χ0v) is 18.7. The van der Waals surface area contributed by atoms with Crippen molar-refractivity contribution in [3.8, 4) is 0 Å². The van der Waals surface area contributed by atoms with Crippen molar-refractivity contribution in [2.75, 3.05) is 7.05 Å². The smallest absolute Gasteiger partial charge is 0.191 e. The molecule has 0 radical (unpaired) electrons. The fourth-order valence-corrected chi connectivity index (χ4v) is 3.01. The van der Waals surface area contributed by atoms with E-state index < -0.39 is 0 Å². The molecule has 0 saturated heterocycles. The van der Waals surface area contributed by atoms with E-state index in [2.05, 4.69) is 52.0 Å². The molecule has 0 bridgehead atoms. The number of nitrogens with one attached hydrogen (secondary N) is 2. The standard InChI is InChI=1S/C20H27N5O.HI/c1-14(2)13-25-10-9-22-19(25)12-24-20(21-4)23-11-18-15(3)16-7-5-6-8-17(16)26-18;/h5-10,14H,11-13H2,1-4H3,(H2,21,23,24);1H. The average molecular weight is 481 g/mol. The number of aryl methyl sites for hydroxylation is 1. The van der Waals surface area contributed by atoms with Gasteiger partial charge in [0.15, 0.2) is 5.96 Å². The molecule has 0 atom stereocenters. The van der Waals surface area contributed by atoms with Crippen molar-refractivity contribution in [1.82, 2.24) is 20.2 Å². The minimum absolute atomic E-state index is 0. The third-order valence-electron chi connectivity index (χ3n) is 4.36. The second-order valence-corrected chi connectivity index (χ2v) is 6.82. The van der Waals surface area contributed by atoms with Crippen LogP contribution in [0.15, 0.2) is 46.1 Å². The Hall–Kier alpha value is -2.03. The second-order valence-electron chi connectivity index (χ2n) is 6.82. The van der Waals surface area contributed by atoms with Crippen LogP contribution < -0.4 is 10.6 Å². The quantitative estimate of drug-likeness (QED) is 0.317. The maximum atomic E-state index is 5.95. The number of benzene rings is 1. The topological polar surface area (TPSA) is 67.4 Å². The molecule has 0 aliphatic carbocycles. The maximum absolute atomic E-state index is 5.95. The first-order valence-electron chi connectivity index (χ1n) is 9.00. The molecule has 27 heavy (non-hydrogen) atoms. The number of aliphatic imine (C=N–C) groups is 1. The van der Waals surface area contributed by atoms with Crippen LogP contribution in [0.2, 0.25) is 0 Å². The van der Waals surface area contributed by atoms with Gasteiger partial charge in [0.05, 0.1) is 13.1 Å². The summed E-state index contributed by atoms with van der Waals surface area (Å²) in [7, 11) is 1.77. The largest absolute Gasteiger partial charge is 0.459 e. The van der Waals surface area contributed by atoms with Gasteiger partial charge in [-0.05, 0) is 18.9 Å². The molecular weight excluding hydrogens is 453 g/mol. The van der Waals surface area contributed by atoms with Crippen molar-refractivity contribution in [3.05, 3.63) is 53.8 Å². The molecule has 2 heterocycles. The van der Waals surface area contributed by atoms with Crippen LogP contribution >= 0.6 is 24.0 Å². The summed E-state index contributed by atoms with van der Waals surface area (Å²) in [5.74, 6) is 3.23. The van der Waals surface area contributed by atoms with Gasteiger partial charge in [0.25, 0.3) is 0 Å². The SMILES string of the molecule is CN=C(NCc1oc2ccccc2c1C)NCc1nccn1CC(C)C.I. The van der Waals surface area contributed by atoms with Gasteiger partial charge in [0.2, 0.25) is 0 Å². The normalized spacial score (nSPS) is 11.7. The van der Waals surface area contributed by atoms with Crippen LogP contribution in [0.4, 0.5) is 0 Å². The van der Waals surface area contributed by atoms with Crippen LogP contribution in [0.3, 0.4) is 0 Å². The third kappa shape index (κ3) is 5.24. The van der Waals surface area contributed by atoms with Crippen molar-refractivity contribution >= 4 is 40.9 Å². The fraction of sp³-hybridized carbons (Fsp3) is 0.400. The van der Waals surface area contributed by atoms with E-state index >= 15 is 0 Å². The number of para-hydroxylation sites is 1. The van der Waals surface area contributed by atoms with Crippen LogP contribution in [0.25, 0.3) is 11.0 Å². The lowest BCUT2D eigenvalue weighted by molar-refractivity contribution is 0.502. The molecule has 146 valence electrons. The Bertz CT molecular complexity index is 897. The second kappa shape index (κ2) is 9.77. The molecule has 7 heteroatoms. The van der Waals surface area contributed by atoms with E-state index in [0.29, 0.717) is 19.0 Å². The highest BCUT2D eigenvalue weighted by atomic mass is 127. The fourth-order valence-electron chi connectivity index (χ4n) is 3.01. The summed E-state index contributed by atoms with van der Waals surface area (Å²) in [6.45, 7) is 8.66. The van der Waals surface area contributed by atoms with Gasteiger partial charge in [-0.2, -0.15) is 0 Å². The summed E-state index contributed by atoms with van der Waals surface area (Å²) in [5, 5.41) is 7.80. The predicted molar refractivity (Wildman–Crippen MR) is 120 cm³/mol. The van der Waals surface area contributed by atoms with Crippen molar-refractivity contribution < 1.29 is 4.42 Å². The number of imidazole rings is 1. The molecule has 0 spiro atoms. The van der Waals surface area contributed by atoms with E-state index in [1.807, 2.05) is 30.6 Å². The molecular formula is C20H28IN5O. The lowest BCUT2D eigenvalue weighted by Crippen LogP contribution is -2.37. The van der Waals surface area contributed by atoms with E-state index in [1.165, 1.54) is 0 Å². The monoisotopic (exact) mass is 481 g/mol. The van der Waals surface area contributed by atoms with Crippen LogP contribution in [-0.2, 0) is 19.6 Å². The molecule has 0 saturated carbocycles. The summed E-state index contributed by atoms with van der Waals surface area (Å²) in [6, 6.07) is 8.09. The van der Waals surface area contributed by atoms with Gasteiger partial charge in [0.1, 0.15) is 17.2 Å². The maximum Gasteiger partial charge on any atom is 0.191 e. The van der Waals surface area contributed by atoms with E-state index in [0.717, 1.165) is 40.6 Å². The number of rotatable bonds is 6. The number of hydrogen-bond acceptors (Lipinski definition) is 3. The van der Waals surface area contributed by atoms with E-state index in [1.54, 1.807) is 7.05 Å². The van der Waals surface area contributed by atoms with Crippen LogP contribution in [0.1, 0.15) is 31.0 Å². The molecule has 0 fully saturated rings. The van der Waals surface area contributed by atoms with Gasteiger partial charge in [-0.1, -0.05) is 32.0 Å². The Morgan fingerprint density at radius 2 is 1.96 bits per heavy atom. The zero-order valence-electron chi connectivity index (χ0n) is 16.3. The number of halogens is 1. The highest BCUT2D eigenvalue weighted by Gasteiger charge is 2.11. The molecule has 0 amide bonds. The Labute approximate surface area is 177 Å². The van der Waals surface area contributed by atoms with Gasteiger partial charge < -0.3 is 19.6 Å². The first-order chi connectivity index (χ1) is 12.6. The van der Waals surface area contributed by atoms with Gasteiger partial charge >= 0.3 is 0 Å². The minimum Gasteiger partial charge on any atom is -0.459 e. The van der Waals surface area contributed by atoms with Crippen molar-refractivity contribution in [2.45, 2.75) is 40.4 Å². The molecule has 1 aromatic carbocycles. The van der Waals surface area contributed by atoms with E-state index in [-0.39, 0.29) is 24.0 Å². The van der Waals surface area contributed by atoms with Gasteiger partial charge in [-0.25, -0.2) is 4.98 Å². The van der Waals surface area contributed by atoms with Crippen molar-refractivity contribution in [3.63, 3.8) is 0 Å². The highest BCUT2D eigenvalue weighted by molar-refractivity contribution is 14.0.